The summed E-state index contributed by atoms with van der Waals surface area (Å²) >= 11 is 17.2. The fourth-order valence-corrected chi connectivity index (χ4v) is 2.58. The number of ether oxygens (including phenoxy) is 2. The molecule has 0 spiro atoms. The van der Waals surface area contributed by atoms with E-state index in [2.05, 4.69) is 4.99 Å². The Balaban J connectivity index is 2.19. The van der Waals surface area contributed by atoms with Crippen LogP contribution >= 0.6 is 34.8 Å². The van der Waals surface area contributed by atoms with Crippen LogP contribution in [0.25, 0.3) is 0 Å². The molecule has 0 bridgehead atoms. The number of esters is 1. The number of methoxy groups -OCH3 is 1. The number of nitrogens with zero attached hydrogens (tertiary/aromatic N) is 1. The number of halogens is 3. The van der Waals surface area contributed by atoms with Gasteiger partial charge in [0.25, 0.3) is 3.79 Å². The van der Waals surface area contributed by atoms with Gasteiger partial charge in [0.05, 0.1) is 13.0 Å². The summed E-state index contributed by atoms with van der Waals surface area (Å²) in [5.74, 6) is -0.505. The molecule has 0 radical (unpaired) electrons. The van der Waals surface area contributed by atoms with Crippen molar-refractivity contribution in [2.45, 2.75) is 35.2 Å². The SMILES string of the molecule is COC(=O)[C@H]1CCC[C@@H]2OC(C(Cl)(Cl)Cl)=N[C@@H]21. The van der Waals surface area contributed by atoms with Crippen molar-refractivity contribution in [3.63, 3.8) is 0 Å². The molecule has 3 atom stereocenters. The van der Waals surface area contributed by atoms with E-state index in [4.69, 9.17) is 44.3 Å². The van der Waals surface area contributed by atoms with E-state index in [9.17, 15) is 4.79 Å². The van der Waals surface area contributed by atoms with Gasteiger partial charge in [0.1, 0.15) is 12.1 Å². The zero-order valence-corrected chi connectivity index (χ0v) is 11.4. The Morgan fingerprint density at radius 3 is 2.76 bits per heavy atom. The lowest BCUT2D eigenvalue weighted by molar-refractivity contribution is -0.148. The smallest absolute Gasteiger partial charge is 0.310 e. The predicted octanol–water partition coefficient (Wildman–Crippen LogP) is 2.50. The minimum absolute atomic E-state index is 0.0771. The highest BCUT2D eigenvalue weighted by Gasteiger charge is 2.47. The van der Waals surface area contributed by atoms with E-state index in [1.807, 2.05) is 0 Å². The zero-order chi connectivity index (χ0) is 12.6. The maximum atomic E-state index is 11.6. The molecule has 1 heterocycles. The van der Waals surface area contributed by atoms with E-state index in [0.717, 1.165) is 19.3 Å². The monoisotopic (exact) mass is 299 g/mol. The van der Waals surface area contributed by atoms with Gasteiger partial charge in [-0.05, 0) is 19.3 Å². The molecule has 0 amide bonds. The van der Waals surface area contributed by atoms with E-state index in [-0.39, 0.29) is 29.9 Å². The molecule has 0 aromatic rings. The third-order valence-electron chi connectivity index (χ3n) is 3.07. The van der Waals surface area contributed by atoms with E-state index in [0.29, 0.717) is 0 Å². The van der Waals surface area contributed by atoms with Gasteiger partial charge in [-0.2, -0.15) is 0 Å². The molecule has 0 N–H and O–H groups in total. The molecule has 1 aliphatic heterocycles. The van der Waals surface area contributed by atoms with Crippen LogP contribution in [0.2, 0.25) is 0 Å². The van der Waals surface area contributed by atoms with Crippen molar-refractivity contribution in [1.82, 2.24) is 0 Å². The summed E-state index contributed by atoms with van der Waals surface area (Å²) in [6.07, 6.45) is 2.24. The van der Waals surface area contributed by atoms with E-state index in [1.165, 1.54) is 7.11 Å². The van der Waals surface area contributed by atoms with Crippen molar-refractivity contribution < 1.29 is 14.3 Å². The fraction of sp³-hybridized carbons (Fsp3) is 0.800. The largest absolute Gasteiger partial charge is 0.472 e. The van der Waals surface area contributed by atoms with Gasteiger partial charge >= 0.3 is 5.97 Å². The summed E-state index contributed by atoms with van der Waals surface area (Å²) < 4.78 is 8.59. The van der Waals surface area contributed by atoms with Crippen molar-refractivity contribution in [3.8, 4) is 0 Å². The maximum Gasteiger partial charge on any atom is 0.310 e. The first kappa shape index (κ1) is 13.2. The predicted molar refractivity (Wildman–Crippen MR) is 65.7 cm³/mol. The van der Waals surface area contributed by atoms with Gasteiger partial charge < -0.3 is 9.47 Å². The van der Waals surface area contributed by atoms with Crippen molar-refractivity contribution in [1.29, 1.82) is 0 Å². The summed E-state index contributed by atoms with van der Waals surface area (Å²) in [5, 5.41) is 0. The lowest BCUT2D eigenvalue weighted by Crippen LogP contribution is -2.39. The number of hydrogen-bond acceptors (Lipinski definition) is 4. The molecule has 4 nitrogen and oxygen atoms in total. The maximum absolute atomic E-state index is 11.6. The number of carbonyl (C=O) groups is 1. The molecule has 2 rings (SSSR count). The average Bonchev–Trinajstić information content (AvgIpc) is 2.71. The Bertz CT molecular complexity index is 353. The Kier molecular flexibility index (Phi) is 3.76. The van der Waals surface area contributed by atoms with Crippen LogP contribution in [-0.2, 0) is 14.3 Å². The first-order valence-electron chi connectivity index (χ1n) is 5.33. The van der Waals surface area contributed by atoms with Crippen LogP contribution in [0.4, 0.5) is 0 Å². The highest BCUT2D eigenvalue weighted by Crippen LogP contribution is 2.39. The van der Waals surface area contributed by atoms with Gasteiger partial charge in [-0.1, -0.05) is 34.8 Å². The van der Waals surface area contributed by atoms with Crippen LogP contribution < -0.4 is 0 Å². The molecule has 7 heteroatoms. The number of carbonyl (C=O) groups excluding carboxylic acids is 1. The van der Waals surface area contributed by atoms with Crippen LogP contribution in [-0.4, -0.2) is 34.9 Å². The number of hydrogen-bond donors (Lipinski definition) is 0. The molecule has 0 aromatic heterocycles. The Morgan fingerprint density at radius 2 is 2.18 bits per heavy atom. The standard InChI is InChI=1S/C10H12Cl3NO3/c1-16-8(15)5-3-2-4-6-7(5)14-9(17-6)10(11,12)13/h5-7H,2-4H2,1H3/t5-,6-,7+/m0/s1. The summed E-state index contributed by atoms with van der Waals surface area (Å²) in [6.45, 7) is 0. The fourth-order valence-electron chi connectivity index (χ4n) is 2.30. The quantitative estimate of drug-likeness (QED) is 0.552. The molecule has 0 aromatic carbocycles. The summed E-state index contributed by atoms with van der Waals surface area (Å²) in [5.41, 5.74) is 0. The van der Waals surface area contributed by atoms with Crippen LogP contribution in [0.3, 0.4) is 0 Å². The minimum Gasteiger partial charge on any atom is -0.472 e. The van der Waals surface area contributed by atoms with Crippen LogP contribution in [0.1, 0.15) is 19.3 Å². The number of alkyl halides is 3. The molecule has 17 heavy (non-hydrogen) atoms. The van der Waals surface area contributed by atoms with Gasteiger partial charge in [-0.15, -0.1) is 0 Å². The number of aliphatic imine (C=N–C) groups is 1. The lowest BCUT2D eigenvalue weighted by Gasteiger charge is -2.28. The number of fused-ring (bicyclic) bond motifs is 1. The highest BCUT2D eigenvalue weighted by molar-refractivity contribution is 6.76. The first-order chi connectivity index (χ1) is 7.93. The van der Waals surface area contributed by atoms with Crippen LogP contribution in [0.15, 0.2) is 4.99 Å². The number of rotatable bonds is 1. The molecular formula is C10H12Cl3NO3. The summed E-state index contributed by atoms with van der Waals surface area (Å²) in [7, 11) is 1.36. The third kappa shape index (κ3) is 2.64. The topological polar surface area (TPSA) is 47.9 Å². The Labute approximate surface area is 114 Å². The third-order valence-corrected chi connectivity index (χ3v) is 3.56. The van der Waals surface area contributed by atoms with Crippen molar-refractivity contribution in [2.75, 3.05) is 7.11 Å². The second-order valence-corrected chi connectivity index (χ2v) is 6.42. The molecule has 2 aliphatic rings. The lowest BCUT2D eigenvalue weighted by atomic mass is 9.83. The Hall–Kier alpha value is -0.190. The molecular weight excluding hydrogens is 288 g/mol. The molecule has 1 saturated carbocycles. The van der Waals surface area contributed by atoms with Gasteiger partial charge in [-0.3, -0.25) is 4.79 Å². The van der Waals surface area contributed by atoms with E-state index in [1.54, 1.807) is 0 Å². The van der Waals surface area contributed by atoms with Gasteiger partial charge in [0.2, 0.25) is 5.90 Å². The van der Waals surface area contributed by atoms with Gasteiger partial charge in [-0.25, -0.2) is 4.99 Å². The van der Waals surface area contributed by atoms with E-state index < -0.39 is 3.79 Å². The molecule has 96 valence electrons. The first-order valence-corrected chi connectivity index (χ1v) is 6.46. The second kappa shape index (κ2) is 4.82. The zero-order valence-electron chi connectivity index (χ0n) is 9.16. The summed E-state index contributed by atoms with van der Waals surface area (Å²) in [6, 6.07) is -0.290. The van der Waals surface area contributed by atoms with E-state index >= 15 is 0 Å². The van der Waals surface area contributed by atoms with Crippen LogP contribution in [0.5, 0.6) is 0 Å². The Morgan fingerprint density at radius 1 is 1.47 bits per heavy atom. The van der Waals surface area contributed by atoms with Gasteiger partial charge in [0.15, 0.2) is 0 Å². The molecule has 0 saturated heterocycles. The molecule has 0 unspecified atom stereocenters. The van der Waals surface area contributed by atoms with Gasteiger partial charge in [0, 0.05) is 0 Å². The minimum atomic E-state index is -1.67. The highest BCUT2D eigenvalue weighted by atomic mass is 35.6. The molecule has 1 fully saturated rings. The normalized spacial score (nSPS) is 32.5. The van der Waals surface area contributed by atoms with Crippen molar-refractivity contribution in [3.05, 3.63) is 0 Å². The molecule has 1 aliphatic carbocycles. The second-order valence-electron chi connectivity index (χ2n) is 4.14. The van der Waals surface area contributed by atoms with Crippen molar-refractivity contribution in [2.24, 2.45) is 10.9 Å². The van der Waals surface area contributed by atoms with Crippen molar-refractivity contribution >= 4 is 46.7 Å². The summed E-state index contributed by atoms with van der Waals surface area (Å²) in [4.78, 5) is 15.8. The average molecular weight is 301 g/mol. The van der Waals surface area contributed by atoms with Crippen LogP contribution in [0, 0.1) is 5.92 Å².